The van der Waals surface area contributed by atoms with Gasteiger partial charge in [0.15, 0.2) is 0 Å². The lowest BCUT2D eigenvalue weighted by Crippen LogP contribution is -2.46. The van der Waals surface area contributed by atoms with Gasteiger partial charge in [-0.15, -0.1) is 0 Å². The summed E-state index contributed by atoms with van der Waals surface area (Å²) >= 11 is 0. The van der Waals surface area contributed by atoms with E-state index in [1.54, 1.807) is 0 Å². The maximum Gasteiger partial charge on any atom is 0.306 e. The molecule has 0 radical (unpaired) electrons. The van der Waals surface area contributed by atoms with E-state index in [1.165, 1.54) is 186 Å². The number of esters is 1. The number of ether oxygens (including phenoxy) is 1. The summed E-state index contributed by atoms with van der Waals surface area (Å²) in [6.45, 7) is 6.49. The molecule has 0 heterocycles. The maximum atomic E-state index is 13.3. The van der Waals surface area contributed by atoms with E-state index in [9.17, 15) is 19.8 Å². The molecule has 0 bridgehead atoms. The molecule has 3 atom stereocenters. The Morgan fingerprint density at radius 3 is 1.20 bits per heavy atom. The van der Waals surface area contributed by atoms with Gasteiger partial charge in [-0.25, -0.2) is 0 Å². The molecule has 1 amide bonds. The zero-order valence-electron chi connectivity index (χ0n) is 44.3. The second-order valence-electron chi connectivity index (χ2n) is 20.1. The topological polar surface area (TPSA) is 95.9 Å². The monoisotopic (exact) mass is 928 g/mol. The third kappa shape index (κ3) is 48.5. The Kier molecular flexibility index (Phi) is 52.5. The van der Waals surface area contributed by atoms with Gasteiger partial charge in [0.05, 0.1) is 25.2 Å². The van der Waals surface area contributed by atoms with Gasteiger partial charge in [-0.3, -0.25) is 9.59 Å². The predicted molar refractivity (Wildman–Crippen MR) is 287 cm³/mol. The molecule has 0 rings (SSSR count). The van der Waals surface area contributed by atoms with Crippen LogP contribution in [-0.4, -0.2) is 46.9 Å². The van der Waals surface area contributed by atoms with Crippen molar-refractivity contribution in [1.29, 1.82) is 0 Å². The lowest BCUT2D eigenvalue weighted by Gasteiger charge is -2.24. The zero-order valence-corrected chi connectivity index (χ0v) is 44.3. The number of aliphatic hydroxyl groups excluding tert-OH is 2. The van der Waals surface area contributed by atoms with Crippen LogP contribution in [0.4, 0.5) is 0 Å². The van der Waals surface area contributed by atoms with Gasteiger partial charge in [-0.05, 0) is 64.2 Å². The number of hydrogen-bond acceptors (Lipinski definition) is 5. The molecular weight excluding hydrogens is 815 g/mol. The number of amides is 1. The highest BCUT2D eigenvalue weighted by Gasteiger charge is 2.24. The molecule has 66 heavy (non-hydrogen) atoms. The standard InChI is InChI=1S/C60H113NO5/c1-4-7-10-13-16-19-22-25-27-29-31-34-36-39-42-45-48-51-56(66-60(65)53-50-47-44-41-38-33-24-21-18-15-12-9-6-3)54-59(64)61-57(55-62)58(63)52-49-46-43-40-37-35-32-30-28-26-23-20-17-14-11-8-5-2/h16,19,25,27,31,34,56-58,62-63H,4-15,17-18,20-24,26,28-30,32-33,35-55H2,1-3H3,(H,61,64)/b19-16-,27-25-,34-31-. The predicted octanol–water partition coefficient (Wildman–Crippen LogP) is 18.0. The van der Waals surface area contributed by atoms with Crippen molar-refractivity contribution < 1.29 is 24.5 Å². The van der Waals surface area contributed by atoms with Gasteiger partial charge in [0, 0.05) is 6.42 Å². The van der Waals surface area contributed by atoms with Crippen molar-refractivity contribution in [2.24, 2.45) is 0 Å². The Morgan fingerprint density at radius 2 is 0.773 bits per heavy atom. The second kappa shape index (κ2) is 54.0. The Labute approximate surface area is 411 Å². The van der Waals surface area contributed by atoms with Crippen LogP contribution in [0.3, 0.4) is 0 Å². The van der Waals surface area contributed by atoms with Crippen molar-refractivity contribution in [3.63, 3.8) is 0 Å². The molecule has 0 spiro atoms. The number of nitrogens with one attached hydrogen (secondary N) is 1. The van der Waals surface area contributed by atoms with E-state index in [-0.39, 0.29) is 24.9 Å². The number of carbonyl (C=O) groups is 2. The van der Waals surface area contributed by atoms with Gasteiger partial charge in [-0.2, -0.15) is 0 Å². The van der Waals surface area contributed by atoms with Gasteiger partial charge in [0.25, 0.3) is 0 Å². The Hall–Kier alpha value is -1.92. The minimum absolute atomic E-state index is 0.0671. The highest BCUT2D eigenvalue weighted by atomic mass is 16.5. The summed E-state index contributed by atoms with van der Waals surface area (Å²) < 4.78 is 5.95. The van der Waals surface area contributed by atoms with Gasteiger partial charge in [-0.1, -0.05) is 269 Å². The molecule has 0 saturated heterocycles. The first-order chi connectivity index (χ1) is 32.5. The summed E-state index contributed by atoms with van der Waals surface area (Å²) in [7, 11) is 0. The van der Waals surface area contributed by atoms with Crippen LogP contribution in [0.5, 0.6) is 0 Å². The van der Waals surface area contributed by atoms with Crippen LogP contribution in [0.2, 0.25) is 0 Å². The Morgan fingerprint density at radius 1 is 0.439 bits per heavy atom. The molecule has 0 aromatic rings. The first-order valence-corrected chi connectivity index (χ1v) is 29.2. The van der Waals surface area contributed by atoms with Gasteiger partial charge >= 0.3 is 5.97 Å². The molecular formula is C60H113NO5. The van der Waals surface area contributed by atoms with Crippen LogP contribution in [-0.2, 0) is 14.3 Å². The first-order valence-electron chi connectivity index (χ1n) is 29.2. The molecule has 6 nitrogen and oxygen atoms in total. The average Bonchev–Trinajstić information content (AvgIpc) is 3.31. The van der Waals surface area contributed by atoms with Crippen LogP contribution in [0.1, 0.15) is 310 Å². The fourth-order valence-corrected chi connectivity index (χ4v) is 9.03. The molecule has 0 aromatic carbocycles. The molecule has 388 valence electrons. The van der Waals surface area contributed by atoms with E-state index in [0.29, 0.717) is 19.3 Å². The Bertz CT molecular complexity index is 1090. The van der Waals surface area contributed by atoms with E-state index < -0.39 is 18.2 Å². The molecule has 0 aliphatic carbocycles. The lowest BCUT2D eigenvalue weighted by atomic mass is 10.0. The van der Waals surface area contributed by atoms with E-state index in [0.717, 1.165) is 77.0 Å². The highest BCUT2D eigenvalue weighted by Crippen LogP contribution is 2.19. The number of rotatable bonds is 53. The SMILES string of the molecule is CCCCC/C=C\C/C=C\C/C=C\CCCCCCC(CC(=O)NC(CO)C(O)CCCCCCCCCCCCCCCCCCC)OC(=O)CCCCCCCCCCCCCCC. The molecule has 0 aliphatic heterocycles. The van der Waals surface area contributed by atoms with Gasteiger partial charge < -0.3 is 20.3 Å². The number of aliphatic hydroxyl groups is 2. The normalized spacial score (nSPS) is 13.3. The molecule has 6 heteroatoms. The van der Waals surface area contributed by atoms with E-state index in [1.807, 2.05) is 0 Å². The average molecular weight is 929 g/mol. The molecule has 0 aliphatic rings. The first kappa shape index (κ1) is 64.1. The number of carbonyl (C=O) groups excluding carboxylic acids is 2. The van der Waals surface area contributed by atoms with Crippen molar-refractivity contribution in [2.75, 3.05) is 6.61 Å². The number of allylic oxidation sites excluding steroid dienone is 6. The van der Waals surface area contributed by atoms with Gasteiger partial charge in [0.1, 0.15) is 6.10 Å². The minimum Gasteiger partial charge on any atom is -0.462 e. The van der Waals surface area contributed by atoms with E-state index >= 15 is 0 Å². The highest BCUT2D eigenvalue weighted by molar-refractivity contribution is 5.77. The third-order valence-electron chi connectivity index (χ3n) is 13.5. The Balaban J connectivity index is 4.55. The van der Waals surface area contributed by atoms with Crippen LogP contribution in [0.25, 0.3) is 0 Å². The minimum atomic E-state index is -0.792. The molecule has 0 aromatic heterocycles. The van der Waals surface area contributed by atoms with E-state index in [4.69, 9.17) is 4.74 Å². The smallest absolute Gasteiger partial charge is 0.306 e. The molecule has 3 N–H and O–H groups in total. The fourth-order valence-electron chi connectivity index (χ4n) is 9.03. The summed E-state index contributed by atoms with van der Waals surface area (Å²) in [4.78, 5) is 26.3. The second-order valence-corrected chi connectivity index (χ2v) is 20.1. The summed E-state index contributed by atoms with van der Waals surface area (Å²) in [5.41, 5.74) is 0. The maximum absolute atomic E-state index is 13.3. The van der Waals surface area contributed by atoms with Crippen molar-refractivity contribution in [1.82, 2.24) is 5.32 Å². The number of unbranched alkanes of at least 4 members (excludes halogenated alkanes) is 35. The van der Waals surface area contributed by atoms with Crippen LogP contribution in [0, 0.1) is 0 Å². The fraction of sp³-hybridized carbons (Fsp3) is 0.867. The lowest BCUT2D eigenvalue weighted by molar-refractivity contribution is -0.151. The van der Waals surface area contributed by atoms with Crippen LogP contribution < -0.4 is 5.32 Å². The van der Waals surface area contributed by atoms with Crippen molar-refractivity contribution in [3.05, 3.63) is 36.5 Å². The van der Waals surface area contributed by atoms with Crippen molar-refractivity contribution >= 4 is 11.9 Å². The largest absolute Gasteiger partial charge is 0.462 e. The van der Waals surface area contributed by atoms with E-state index in [2.05, 4.69) is 62.5 Å². The summed E-state index contributed by atoms with van der Waals surface area (Å²) in [5, 5.41) is 23.9. The van der Waals surface area contributed by atoms with Crippen LogP contribution >= 0.6 is 0 Å². The van der Waals surface area contributed by atoms with Crippen molar-refractivity contribution in [3.8, 4) is 0 Å². The molecule has 3 unspecified atom stereocenters. The van der Waals surface area contributed by atoms with Gasteiger partial charge in [0.2, 0.25) is 5.91 Å². The summed E-state index contributed by atoms with van der Waals surface area (Å²) in [5.74, 6) is -0.480. The quantitative estimate of drug-likeness (QED) is 0.0321. The zero-order chi connectivity index (χ0) is 48.1. The van der Waals surface area contributed by atoms with Crippen molar-refractivity contribution in [2.45, 2.75) is 328 Å². The van der Waals surface area contributed by atoms with Crippen LogP contribution in [0.15, 0.2) is 36.5 Å². The molecule has 0 saturated carbocycles. The number of hydrogen-bond donors (Lipinski definition) is 3. The summed E-state index contributed by atoms with van der Waals surface area (Å²) in [6, 6.07) is -0.707. The summed E-state index contributed by atoms with van der Waals surface area (Å²) in [6.07, 6.45) is 64.9. The third-order valence-corrected chi connectivity index (χ3v) is 13.5. The molecule has 0 fully saturated rings.